The largest absolute Gasteiger partial charge is 0.497 e. The van der Waals surface area contributed by atoms with E-state index < -0.39 is 0 Å². The van der Waals surface area contributed by atoms with Crippen LogP contribution in [-0.4, -0.2) is 29.9 Å². The Labute approximate surface area is 220 Å². The molecule has 8 heteroatoms. The minimum atomic E-state index is -0.240. The van der Waals surface area contributed by atoms with Crippen molar-refractivity contribution in [1.82, 2.24) is 0 Å². The van der Waals surface area contributed by atoms with Gasteiger partial charge in [0, 0.05) is 5.69 Å². The Morgan fingerprint density at radius 2 is 1.72 bits per heavy atom. The molecule has 3 aromatic rings. The normalized spacial score (nSPS) is 14.3. The molecule has 0 radical (unpaired) electrons. The van der Waals surface area contributed by atoms with Gasteiger partial charge in [-0.3, -0.25) is 14.5 Å². The van der Waals surface area contributed by atoms with E-state index in [0.717, 1.165) is 27.9 Å². The Morgan fingerprint density at radius 3 is 2.39 bits per heavy atom. The van der Waals surface area contributed by atoms with E-state index in [9.17, 15) is 9.59 Å². The summed E-state index contributed by atoms with van der Waals surface area (Å²) in [5, 5.41) is 2.94. The van der Waals surface area contributed by atoms with E-state index in [0.29, 0.717) is 26.4 Å². The van der Waals surface area contributed by atoms with Gasteiger partial charge in [0.15, 0.2) is 10.9 Å². The maximum absolute atomic E-state index is 13.1. The quantitative estimate of drug-likeness (QED) is 0.304. The van der Waals surface area contributed by atoms with Crippen LogP contribution in [0.25, 0.3) is 6.08 Å². The van der Waals surface area contributed by atoms with Gasteiger partial charge in [0.05, 0.1) is 17.7 Å². The van der Waals surface area contributed by atoms with E-state index in [2.05, 4.69) is 5.32 Å². The molecule has 0 spiro atoms. The molecule has 2 amide bonds. The van der Waals surface area contributed by atoms with Crippen molar-refractivity contribution in [2.75, 3.05) is 23.9 Å². The zero-order valence-corrected chi connectivity index (χ0v) is 22.1. The van der Waals surface area contributed by atoms with Crippen LogP contribution in [0.2, 0.25) is 0 Å². The molecule has 0 unspecified atom stereocenters. The van der Waals surface area contributed by atoms with E-state index in [-0.39, 0.29) is 18.4 Å². The first-order valence-electron chi connectivity index (χ1n) is 11.3. The molecule has 0 bridgehead atoms. The average molecular weight is 519 g/mol. The van der Waals surface area contributed by atoms with Crippen molar-refractivity contribution in [3.63, 3.8) is 0 Å². The number of thioether (sulfide) groups is 1. The first-order chi connectivity index (χ1) is 17.2. The number of nitrogens with zero attached hydrogens (tertiary/aromatic N) is 1. The summed E-state index contributed by atoms with van der Waals surface area (Å²) < 4.78 is 11.4. The lowest BCUT2D eigenvalue weighted by atomic mass is 10.1. The topological polar surface area (TPSA) is 67.9 Å². The van der Waals surface area contributed by atoms with Gasteiger partial charge < -0.3 is 14.8 Å². The van der Waals surface area contributed by atoms with Gasteiger partial charge in [-0.2, -0.15) is 0 Å². The molecule has 1 N–H and O–H groups in total. The molecule has 184 valence electrons. The highest BCUT2D eigenvalue weighted by Crippen LogP contribution is 2.36. The van der Waals surface area contributed by atoms with E-state index >= 15 is 0 Å². The standard InChI is InChI=1S/C28H26N2O4S2/c1-17-12-18(2)26(19(3)13-17)29-25(31)16-34-23-7-5-6-20(14-23)15-24-27(32)30(28(35)36-24)21-8-10-22(33-4)11-9-21/h5-15H,16H2,1-4H3,(H,29,31)/b24-15-. The van der Waals surface area contributed by atoms with Crippen molar-refractivity contribution in [2.45, 2.75) is 20.8 Å². The summed E-state index contributed by atoms with van der Waals surface area (Å²) in [4.78, 5) is 27.6. The van der Waals surface area contributed by atoms with Gasteiger partial charge in [-0.15, -0.1) is 0 Å². The lowest BCUT2D eigenvalue weighted by Crippen LogP contribution is -2.27. The molecule has 0 aliphatic carbocycles. The fourth-order valence-electron chi connectivity index (χ4n) is 3.97. The zero-order valence-electron chi connectivity index (χ0n) is 20.5. The van der Waals surface area contributed by atoms with E-state index in [1.165, 1.54) is 16.7 Å². The van der Waals surface area contributed by atoms with Crippen molar-refractivity contribution in [2.24, 2.45) is 0 Å². The Morgan fingerprint density at radius 1 is 1.03 bits per heavy atom. The van der Waals surface area contributed by atoms with Crippen LogP contribution in [0.1, 0.15) is 22.3 Å². The monoisotopic (exact) mass is 518 g/mol. The average Bonchev–Trinajstić information content (AvgIpc) is 3.12. The van der Waals surface area contributed by atoms with Crippen molar-refractivity contribution in [3.8, 4) is 11.5 Å². The fraction of sp³-hybridized carbons (Fsp3) is 0.179. The Balaban J connectivity index is 1.42. The van der Waals surface area contributed by atoms with Crippen molar-refractivity contribution < 1.29 is 19.1 Å². The Hall–Kier alpha value is -3.62. The van der Waals surface area contributed by atoms with Crippen LogP contribution in [0.5, 0.6) is 11.5 Å². The van der Waals surface area contributed by atoms with Crippen molar-refractivity contribution in [1.29, 1.82) is 0 Å². The lowest BCUT2D eigenvalue weighted by Gasteiger charge is -2.14. The number of hydrogen-bond donors (Lipinski definition) is 1. The summed E-state index contributed by atoms with van der Waals surface area (Å²) in [6.07, 6.45) is 1.77. The van der Waals surface area contributed by atoms with E-state index in [1.54, 1.807) is 49.6 Å². The highest BCUT2D eigenvalue weighted by atomic mass is 32.2. The lowest BCUT2D eigenvalue weighted by molar-refractivity contribution is -0.118. The third kappa shape index (κ3) is 5.78. The van der Waals surface area contributed by atoms with Gasteiger partial charge in [0.1, 0.15) is 11.5 Å². The minimum Gasteiger partial charge on any atom is -0.497 e. The number of nitrogens with one attached hydrogen (secondary N) is 1. The number of carbonyl (C=O) groups excluding carboxylic acids is 2. The highest BCUT2D eigenvalue weighted by molar-refractivity contribution is 8.27. The molecule has 1 saturated heterocycles. The van der Waals surface area contributed by atoms with Crippen molar-refractivity contribution in [3.05, 3.63) is 87.8 Å². The molecule has 4 rings (SSSR count). The SMILES string of the molecule is COc1ccc(N2C(=O)/C(=C/c3cccc(OCC(=O)Nc4c(C)cc(C)cc4C)c3)SC2=S)cc1. The molecule has 0 saturated carbocycles. The number of amides is 2. The molecule has 3 aromatic carbocycles. The second-order valence-corrected chi connectivity index (χ2v) is 10.1. The smallest absolute Gasteiger partial charge is 0.270 e. The molecule has 1 aliphatic heterocycles. The number of anilines is 2. The number of aryl methyl sites for hydroxylation is 3. The summed E-state index contributed by atoms with van der Waals surface area (Å²) in [5.41, 5.74) is 5.43. The molecule has 0 atom stereocenters. The summed E-state index contributed by atoms with van der Waals surface area (Å²) in [5.74, 6) is 0.803. The van der Waals surface area contributed by atoms with E-state index in [4.69, 9.17) is 21.7 Å². The molecule has 6 nitrogen and oxygen atoms in total. The number of rotatable bonds is 7. The number of benzene rings is 3. The summed E-state index contributed by atoms with van der Waals surface area (Å²) in [6, 6.07) is 18.5. The second-order valence-electron chi connectivity index (χ2n) is 8.40. The van der Waals surface area contributed by atoms with Gasteiger partial charge >= 0.3 is 0 Å². The van der Waals surface area contributed by atoms with Gasteiger partial charge in [0.2, 0.25) is 0 Å². The first-order valence-corrected chi connectivity index (χ1v) is 12.5. The van der Waals surface area contributed by atoms with E-state index in [1.807, 2.05) is 45.0 Å². The van der Waals surface area contributed by atoms with Crippen LogP contribution in [-0.2, 0) is 9.59 Å². The molecular formula is C28H26N2O4S2. The summed E-state index contributed by atoms with van der Waals surface area (Å²) in [7, 11) is 1.59. The maximum Gasteiger partial charge on any atom is 0.270 e. The van der Waals surface area contributed by atoms with Crippen molar-refractivity contribution >= 4 is 57.6 Å². The summed E-state index contributed by atoms with van der Waals surface area (Å²) >= 11 is 6.70. The highest BCUT2D eigenvalue weighted by Gasteiger charge is 2.33. The Bertz CT molecular complexity index is 1340. The predicted octanol–water partition coefficient (Wildman–Crippen LogP) is 6.04. The first kappa shape index (κ1) is 25.5. The third-order valence-corrected chi connectivity index (χ3v) is 6.89. The minimum absolute atomic E-state index is 0.129. The number of hydrogen-bond acceptors (Lipinski definition) is 6. The molecule has 1 fully saturated rings. The van der Waals surface area contributed by atoms with Gasteiger partial charge in [0.25, 0.3) is 11.8 Å². The molecule has 0 aromatic heterocycles. The van der Waals surface area contributed by atoms with Gasteiger partial charge in [-0.1, -0.05) is 53.8 Å². The number of thiocarbonyl (C=S) groups is 1. The fourth-order valence-corrected chi connectivity index (χ4v) is 5.27. The molecule has 1 aliphatic rings. The third-order valence-electron chi connectivity index (χ3n) is 5.59. The predicted molar refractivity (Wildman–Crippen MR) is 150 cm³/mol. The van der Waals surface area contributed by atoms with Crippen LogP contribution >= 0.6 is 24.0 Å². The Kier molecular flexibility index (Phi) is 7.76. The van der Waals surface area contributed by atoms with Gasteiger partial charge in [-0.05, 0) is 79.9 Å². The number of carbonyl (C=O) groups is 2. The summed E-state index contributed by atoms with van der Waals surface area (Å²) in [6.45, 7) is 5.84. The number of methoxy groups -OCH3 is 1. The van der Waals surface area contributed by atoms with Crippen LogP contribution in [0.15, 0.2) is 65.6 Å². The van der Waals surface area contributed by atoms with Crippen LogP contribution in [0.4, 0.5) is 11.4 Å². The van der Waals surface area contributed by atoms with Crippen LogP contribution < -0.4 is 19.7 Å². The second kappa shape index (κ2) is 11.0. The van der Waals surface area contributed by atoms with Crippen LogP contribution in [0, 0.1) is 20.8 Å². The molecule has 1 heterocycles. The van der Waals surface area contributed by atoms with Gasteiger partial charge in [-0.25, -0.2) is 0 Å². The number of ether oxygens (including phenoxy) is 2. The molecule has 36 heavy (non-hydrogen) atoms. The van der Waals surface area contributed by atoms with Crippen LogP contribution in [0.3, 0.4) is 0 Å². The zero-order chi connectivity index (χ0) is 25.8. The maximum atomic E-state index is 13.1. The molecular weight excluding hydrogens is 492 g/mol.